The zero-order valence-corrected chi connectivity index (χ0v) is 17.7. The molecule has 3 N–H and O–H groups in total. The molecule has 2 rings (SSSR count). The van der Waals surface area contributed by atoms with Gasteiger partial charge in [-0.2, -0.15) is 5.10 Å². The second kappa shape index (κ2) is 9.96. The second-order valence-electron chi connectivity index (χ2n) is 7.06. The lowest BCUT2D eigenvalue weighted by Gasteiger charge is -2.18. The Morgan fingerprint density at radius 3 is 2.57 bits per heavy atom. The summed E-state index contributed by atoms with van der Waals surface area (Å²) in [5.74, 6) is 0.945. The molecule has 0 fully saturated rings. The quantitative estimate of drug-likeness (QED) is 0.364. The number of carbonyl (C=O) groups excluding carboxylic acids is 1. The van der Waals surface area contributed by atoms with Crippen LogP contribution in [0.25, 0.3) is 0 Å². The molecule has 0 aliphatic heterocycles. The number of nitrogens with zero attached hydrogens (tertiary/aromatic N) is 3. The predicted octanol–water partition coefficient (Wildman–Crippen LogP) is 1.85. The van der Waals surface area contributed by atoms with Crippen LogP contribution in [-0.4, -0.2) is 47.8 Å². The number of aromatic nitrogens is 2. The van der Waals surface area contributed by atoms with Crippen molar-refractivity contribution in [2.75, 3.05) is 20.1 Å². The highest BCUT2D eigenvalue weighted by Crippen LogP contribution is 2.14. The minimum absolute atomic E-state index is 0.180. The van der Waals surface area contributed by atoms with E-state index >= 15 is 0 Å². The topological polar surface area (TPSA) is 96.5 Å². The lowest BCUT2D eigenvalue weighted by molar-refractivity contribution is 0.0925. The van der Waals surface area contributed by atoms with Crippen LogP contribution in [0.2, 0.25) is 0 Å². The van der Waals surface area contributed by atoms with Crippen molar-refractivity contribution < 1.29 is 9.21 Å². The normalized spacial score (nSPS) is 12.7. The summed E-state index contributed by atoms with van der Waals surface area (Å²) in [6.45, 7) is 9.38. The molecule has 0 saturated carbocycles. The van der Waals surface area contributed by atoms with Crippen molar-refractivity contribution >= 4 is 11.9 Å². The van der Waals surface area contributed by atoms with E-state index < -0.39 is 0 Å². The number of aryl methyl sites for hydroxylation is 3. The van der Waals surface area contributed by atoms with E-state index in [9.17, 15) is 4.79 Å². The van der Waals surface area contributed by atoms with E-state index in [0.29, 0.717) is 18.8 Å². The van der Waals surface area contributed by atoms with Gasteiger partial charge in [0, 0.05) is 44.5 Å². The molecule has 1 unspecified atom stereocenters. The molecule has 8 nitrogen and oxygen atoms in total. The number of carbonyl (C=O) groups is 1. The van der Waals surface area contributed by atoms with Crippen LogP contribution in [0.3, 0.4) is 0 Å². The molecule has 2 heterocycles. The van der Waals surface area contributed by atoms with Crippen molar-refractivity contribution in [2.45, 2.75) is 46.6 Å². The van der Waals surface area contributed by atoms with Crippen molar-refractivity contribution in [3.8, 4) is 0 Å². The summed E-state index contributed by atoms with van der Waals surface area (Å²) in [7, 11) is 3.72. The first-order valence-corrected chi connectivity index (χ1v) is 9.62. The number of guanidine groups is 1. The Labute approximate surface area is 166 Å². The van der Waals surface area contributed by atoms with E-state index in [2.05, 4.69) is 39.9 Å². The third kappa shape index (κ3) is 5.61. The number of furan rings is 1. The van der Waals surface area contributed by atoms with Gasteiger partial charge in [0.15, 0.2) is 11.7 Å². The van der Waals surface area contributed by atoms with Crippen molar-refractivity contribution in [3.63, 3.8) is 0 Å². The van der Waals surface area contributed by atoms with Crippen LogP contribution in [-0.2, 0) is 13.5 Å². The van der Waals surface area contributed by atoms with Gasteiger partial charge in [-0.25, -0.2) is 0 Å². The average Bonchev–Trinajstić information content (AvgIpc) is 3.18. The molecule has 8 heteroatoms. The fourth-order valence-corrected chi connectivity index (χ4v) is 3.08. The van der Waals surface area contributed by atoms with Gasteiger partial charge in [0.1, 0.15) is 0 Å². The Morgan fingerprint density at radius 2 is 2.00 bits per heavy atom. The summed E-state index contributed by atoms with van der Waals surface area (Å²) in [5, 5.41) is 14.0. The van der Waals surface area contributed by atoms with Gasteiger partial charge < -0.3 is 20.4 Å². The first kappa shape index (κ1) is 21.5. The maximum atomic E-state index is 12.0. The minimum Gasteiger partial charge on any atom is -0.459 e. The van der Waals surface area contributed by atoms with Gasteiger partial charge in [0.05, 0.1) is 12.0 Å². The summed E-state index contributed by atoms with van der Waals surface area (Å²) in [5.41, 5.74) is 4.37. The molecular formula is C20H32N6O2. The molecule has 0 spiro atoms. The van der Waals surface area contributed by atoms with Crippen LogP contribution in [0.5, 0.6) is 0 Å². The number of aliphatic imine (C=N–C) groups is 1. The van der Waals surface area contributed by atoms with Crippen molar-refractivity contribution in [3.05, 3.63) is 40.6 Å². The molecule has 154 valence electrons. The van der Waals surface area contributed by atoms with Crippen LogP contribution >= 0.6 is 0 Å². The highest BCUT2D eigenvalue weighted by molar-refractivity contribution is 5.92. The van der Waals surface area contributed by atoms with Crippen molar-refractivity contribution in [1.82, 2.24) is 25.7 Å². The highest BCUT2D eigenvalue weighted by Gasteiger charge is 2.14. The number of hydrogen-bond acceptors (Lipinski definition) is 4. The molecule has 28 heavy (non-hydrogen) atoms. The van der Waals surface area contributed by atoms with E-state index in [0.717, 1.165) is 30.1 Å². The Balaban J connectivity index is 1.71. The van der Waals surface area contributed by atoms with Crippen LogP contribution in [0, 0.1) is 20.8 Å². The second-order valence-corrected chi connectivity index (χ2v) is 7.06. The summed E-state index contributed by atoms with van der Waals surface area (Å²) < 4.78 is 7.11. The largest absolute Gasteiger partial charge is 0.459 e. The van der Waals surface area contributed by atoms with Gasteiger partial charge in [0.25, 0.3) is 5.91 Å². The van der Waals surface area contributed by atoms with E-state index in [-0.39, 0.29) is 11.9 Å². The van der Waals surface area contributed by atoms with Gasteiger partial charge in [-0.15, -0.1) is 0 Å². The minimum atomic E-state index is -0.180. The molecular weight excluding hydrogens is 356 g/mol. The van der Waals surface area contributed by atoms with Crippen LogP contribution in [0.1, 0.15) is 46.4 Å². The van der Waals surface area contributed by atoms with E-state index in [1.54, 1.807) is 13.1 Å². The zero-order valence-electron chi connectivity index (χ0n) is 17.7. The first-order valence-electron chi connectivity index (χ1n) is 9.62. The Hall–Kier alpha value is -2.77. The first-order chi connectivity index (χ1) is 13.3. The number of nitrogens with one attached hydrogen (secondary N) is 3. The third-order valence-corrected chi connectivity index (χ3v) is 4.78. The van der Waals surface area contributed by atoms with E-state index in [1.165, 1.54) is 17.5 Å². The standard InChI is InChI=1S/C20H32N6O2/c1-13-8-11-28-18(13)19(27)22-9-7-10-23-20(21-5)24-14(2)12-17-15(3)25-26(6)16(17)4/h8,11,14H,7,9-10,12H2,1-6H3,(H,22,27)(H2,21,23,24). The van der Waals surface area contributed by atoms with Gasteiger partial charge in [-0.1, -0.05) is 0 Å². The van der Waals surface area contributed by atoms with Crippen molar-refractivity contribution in [2.24, 2.45) is 12.0 Å². The smallest absolute Gasteiger partial charge is 0.287 e. The summed E-state index contributed by atoms with van der Waals surface area (Å²) in [6, 6.07) is 2.00. The fraction of sp³-hybridized carbons (Fsp3) is 0.550. The van der Waals surface area contributed by atoms with Crippen LogP contribution in [0.15, 0.2) is 21.7 Å². The Bertz CT molecular complexity index is 821. The average molecular weight is 389 g/mol. The molecule has 0 aliphatic carbocycles. The molecule has 2 aromatic heterocycles. The lowest BCUT2D eigenvalue weighted by atomic mass is 10.1. The molecule has 0 aromatic carbocycles. The van der Waals surface area contributed by atoms with Gasteiger partial charge in [-0.3, -0.25) is 14.5 Å². The maximum Gasteiger partial charge on any atom is 0.287 e. The number of rotatable bonds is 8. The molecule has 0 radical (unpaired) electrons. The molecule has 0 saturated heterocycles. The van der Waals surface area contributed by atoms with Gasteiger partial charge >= 0.3 is 0 Å². The monoisotopic (exact) mass is 388 g/mol. The fourth-order valence-electron chi connectivity index (χ4n) is 3.08. The van der Waals surface area contributed by atoms with Gasteiger partial charge in [-0.05, 0) is 52.2 Å². The Morgan fingerprint density at radius 1 is 1.29 bits per heavy atom. The molecule has 1 atom stereocenters. The zero-order chi connectivity index (χ0) is 20.7. The van der Waals surface area contributed by atoms with Crippen LogP contribution in [0.4, 0.5) is 0 Å². The van der Waals surface area contributed by atoms with Gasteiger partial charge in [0.2, 0.25) is 0 Å². The van der Waals surface area contributed by atoms with Crippen LogP contribution < -0.4 is 16.0 Å². The summed E-state index contributed by atoms with van der Waals surface area (Å²) >= 11 is 0. The highest BCUT2D eigenvalue weighted by atomic mass is 16.3. The summed E-state index contributed by atoms with van der Waals surface area (Å²) in [6.07, 6.45) is 3.18. The maximum absolute atomic E-state index is 12.0. The molecule has 0 bridgehead atoms. The predicted molar refractivity (Wildman–Crippen MR) is 111 cm³/mol. The SMILES string of the molecule is CN=C(NCCCNC(=O)c1occc1C)NC(C)Cc1c(C)nn(C)c1C. The summed E-state index contributed by atoms with van der Waals surface area (Å²) in [4.78, 5) is 16.3. The molecule has 1 amide bonds. The third-order valence-electron chi connectivity index (χ3n) is 4.78. The molecule has 0 aliphatic rings. The van der Waals surface area contributed by atoms with Crippen molar-refractivity contribution in [1.29, 1.82) is 0 Å². The lowest BCUT2D eigenvalue weighted by Crippen LogP contribution is -2.44. The Kier molecular flexibility index (Phi) is 7.66. The molecule has 2 aromatic rings. The number of hydrogen-bond donors (Lipinski definition) is 3. The number of amides is 1. The van der Waals surface area contributed by atoms with E-state index in [4.69, 9.17) is 4.42 Å². The van der Waals surface area contributed by atoms with E-state index in [1.807, 2.05) is 25.6 Å².